The van der Waals surface area contributed by atoms with E-state index in [1.54, 1.807) is 30.5 Å². The number of halogens is 1. The minimum absolute atomic E-state index is 0.176. The van der Waals surface area contributed by atoms with E-state index in [9.17, 15) is 9.59 Å². The molecule has 3 aromatic rings. The monoisotopic (exact) mass is 575 g/mol. The number of rotatable bonds is 4. The first-order valence-corrected chi connectivity index (χ1v) is 14.0. The summed E-state index contributed by atoms with van der Waals surface area (Å²) in [7, 11) is 1.55. The molecular weight excluding hydrogens is 542 g/mol. The number of nitrogens with one attached hydrogen (secondary N) is 3. The van der Waals surface area contributed by atoms with Crippen molar-refractivity contribution in [2.24, 2.45) is 0 Å². The fourth-order valence-corrected chi connectivity index (χ4v) is 5.52. The Morgan fingerprint density at radius 1 is 1.27 bits per heavy atom. The van der Waals surface area contributed by atoms with E-state index in [0.29, 0.717) is 58.5 Å². The molecule has 1 aromatic carbocycles. The first kappa shape index (κ1) is 28.4. The van der Waals surface area contributed by atoms with Gasteiger partial charge in [0.2, 0.25) is 0 Å². The zero-order chi connectivity index (χ0) is 29.4. The Labute approximate surface area is 245 Å². The van der Waals surface area contributed by atoms with E-state index in [0.717, 1.165) is 24.1 Å². The SMILES string of the molecule is COc1c(Cl)cccc1Nc1c(-c2ccncc2C#C[C@]2(C)CCCN2C(=O)OC(C)(C)C)[nH]c2c1C(=O)NCC2. The molecule has 0 radical (unpaired) electrons. The van der Waals surface area contributed by atoms with Gasteiger partial charge in [0.1, 0.15) is 11.1 Å². The van der Waals surface area contributed by atoms with Gasteiger partial charge in [-0.15, -0.1) is 0 Å². The molecule has 41 heavy (non-hydrogen) atoms. The molecule has 2 aliphatic rings. The molecule has 0 saturated carbocycles. The number of likely N-dealkylation sites (tertiary alicyclic amines) is 1. The maximum atomic E-state index is 13.1. The summed E-state index contributed by atoms with van der Waals surface area (Å²) >= 11 is 6.39. The summed E-state index contributed by atoms with van der Waals surface area (Å²) in [6, 6.07) is 7.26. The zero-order valence-electron chi connectivity index (χ0n) is 23.9. The van der Waals surface area contributed by atoms with Crippen LogP contribution in [-0.4, -0.2) is 58.2 Å². The van der Waals surface area contributed by atoms with Crippen LogP contribution in [0.4, 0.5) is 16.2 Å². The zero-order valence-corrected chi connectivity index (χ0v) is 24.7. The number of amides is 2. The van der Waals surface area contributed by atoms with Gasteiger partial charge in [-0.1, -0.05) is 29.5 Å². The van der Waals surface area contributed by atoms with Gasteiger partial charge in [-0.3, -0.25) is 14.7 Å². The van der Waals surface area contributed by atoms with Crippen molar-refractivity contribution in [1.82, 2.24) is 20.2 Å². The molecule has 2 amide bonds. The molecule has 10 heteroatoms. The molecule has 2 aliphatic heterocycles. The minimum Gasteiger partial charge on any atom is -0.493 e. The highest BCUT2D eigenvalue weighted by Gasteiger charge is 2.40. The number of carbonyl (C=O) groups excluding carboxylic acids is 2. The van der Waals surface area contributed by atoms with Gasteiger partial charge in [-0.05, 0) is 58.7 Å². The van der Waals surface area contributed by atoms with Crippen molar-refractivity contribution in [2.45, 2.75) is 58.1 Å². The first-order chi connectivity index (χ1) is 19.5. The van der Waals surface area contributed by atoms with Crippen molar-refractivity contribution < 1.29 is 19.1 Å². The number of anilines is 2. The molecule has 1 fully saturated rings. The van der Waals surface area contributed by atoms with E-state index in [2.05, 4.69) is 32.4 Å². The molecule has 0 aliphatic carbocycles. The molecule has 3 N–H and O–H groups in total. The standard InChI is InChI=1S/C31H34ClN5O4/c1-30(2,3)41-29(39)37-17-7-13-31(37,4)14-10-19-18-33-15-11-20(19)25-26(24-22(35-25)12-16-34-28(24)38)36-23-9-6-8-21(32)27(23)40-5/h6,8-9,11,15,18,35-36H,7,12-13,16-17H2,1-5H3,(H,34,38)/t31-/m0/s1. The second-order valence-electron chi connectivity index (χ2n) is 11.4. The number of para-hydroxylation sites is 1. The number of aromatic amines is 1. The number of hydrogen-bond donors (Lipinski definition) is 3. The van der Waals surface area contributed by atoms with E-state index in [-0.39, 0.29) is 12.0 Å². The van der Waals surface area contributed by atoms with Crippen molar-refractivity contribution in [2.75, 3.05) is 25.5 Å². The first-order valence-electron chi connectivity index (χ1n) is 13.6. The molecule has 0 unspecified atom stereocenters. The molecular formula is C31H34ClN5O4. The molecule has 4 heterocycles. The average molecular weight is 576 g/mol. The van der Waals surface area contributed by atoms with Crippen LogP contribution in [-0.2, 0) is 11.2 Å². The van der Waals surface area contributed by atoms with Crippen LogP contribution >= 0.6 is 11.6 Å². The van der Waals surface area contributed by atoms with E-state index >= 15 is 0 Å². The maximum absolute atomic E-state index is 13.1. The van der Waals surface area contributed by atoms with Gasteiger partial charge in [-0.2, -0.15) is 0 Å². The largest absolute Gasteiger partial charge is 0.493 e. The number of benzene rings is 1. The van der Waals surface area contributed by atoms with Crippen molar-refractivity contribution in [1.29, 1.82) is 0 Å². The Morgan fingerprint density at radius 3 is 2.83 bits per heavy atom. The number of methoxy groups -OCH3 is 1. The molecule has 1 saturated heterocycles. The minimum atomic E-state index is -0.695. The summed E-state index contributed by atoms with van der Waals surface area (Å²) in [5.41, 5.74) is 3.39. The van der Waals surface area contributed by atoms with Gasteiger partial charge in [0.05, 0.1) is 40.3 Å². The maximum Gasteiger partial charge on any atom is 0.411 e. The second-order valence-corrected chi connectivity index (χ2v) is 11.8. The van der Waals surface area contributed by atoms with E-state index in [4.69, 9.17) is 21.1 Å². The number of nitrogens with zero attached hydrogens (tertiary/aromatic N) is 2. The van der Waals surface area contributed by atoms with Crippen molar-refractivity contribution in [3.8, 4) is 28.8 Å². The molecule has 0 spiro atoms. The summed E-state index contributed by atoms with van der Waals surface area (Å²) in [5.74, 6) is 6.95. The lowest BCUT2D eigenvalue weighted by Gasteiger charge is -2.32. The van der Waals surface area contributed by atoms with E-state index < -0.39 is 11.1 Å². The smallest absolute Gasteiger partial charge is 0.411 e. The summed E-state index contributed by atoms with van der Waals surface area (Å²) in [6.07, 6.45) is 5.22. The van der Waals surface area contributed by atoms with Crippen LogP contribution in [0.15, 0.2) is 36.7 Å². The Kier molecular flexibility index (Phi) is 7.62. The molecule has 5 rings (SSSR count). The third-order valence-corrected chi connectivity index (χ3v) is 7.51. The number of hydrogen-bond acceptors (Lipinski definition) is 6. The van der Waals surface area contributed by atoms with Gasteiger partial charge in [0, 0.05) is 43.2 Å². The van der Waals surface area contributed by atoms with Crippen LogP contribution in [0.5, 0.6) is 5.75 Å². The fraction of sp³-hybridized carbons (Fsp3) is 0.387. The van der Waals surface area contributed by atoms with Gasteiger partial charge in [-0.25, -0.2) is 4.79 Å². The van der Waals surface area contributed by atoms with E-state index in [1.807, 2.05) is 45.9 Å². The number of pyridine rings is 1. The predicted molar refractivity (Wildman–Crippen MR) is 159 cm³/mol. The molecule has 9 nitrogen and oxygen atoms in total. The van der Waals surface area contributed by atoms with Crippen LogP contribution in [0, 0.1) is 11.8 Å². The Morgan fingerprint density at radius 2 is 2.07 bits per heavy atom. The molecule has 0 bridgehead atoms. The molecule has 1 atom stereocenters. The lowest BCUT2D eigenvalue weighted by Crippen LogP contribution is -2.46. The molecule has 2 aromatic heterocycles. The van der Waals surface area contributed by atoms with Crippen molar-refractivity contribution in [3.63, 3.8) is 0 Å². The van der Waals surface area contributed by atoms with Crippen LogP contribution in [0.2, 0.25) is 5.02 Å². The summed E-state index contributed by atoms with van der Waals surface area (Å²) in [6.45, 7) is 8.64. The molecule has 214 valence electrons. The van der Waals surface area contributed by atoms with Crippen LogP contribution < -0.4 is 15.4 Å². The van der Waals surface area contributed by atoms with Crippen molar-refractivity contribution >= 4 is 35.0 Å². The summed E-state index contributed by atoms with van der Waals surface area (Å²) in [5, 5.41) is 6.79. The Hall–Kier alpha value is -4.16. The van der Waals surface area contributed by atoms with Crippen LogP contribution in [0.3, 0.4) is 0 Å². The lowest BCUT2D eigenvalue weighted by molar-refractivity contribution is 0.0179. The predicted octanol–water partition coefficient (Wildman–Crippen LogP) is 5.91. The highest BCUT2D eigenvalue weighted by atomic mass is 35.5. The number of aromatic nitrogens is 2. The highest BCUT2D eigenvalue weighted by molar-refractivity contribution is 6.32. The third kappa shape index (κ3) is 5.70. The summed E-state index contributed by atoms with van der Waals surface area (Å²) < 4.78 is 11.2. The topological polar surface area (TPSA) is 109 Å². The fourth-order valence-electron chi connectivity index (χ4n) is 5.27. The van der Waals surface area contributed by atoms with Gasteiger partial charge in [0.25, 0.3) is 5.91 Å². The Bertz CT molecular complexity index is 1560. The average Bonchev–Trinajstić information content (AvgIpc) is 3.48. The number of H-pyrrole nitrogens is 1. The van der Waals surface area contributed by atoms with Gasteiger partial charge in [0.15, 0.2) is 5.75 Å². The number of ether oxygens (including phenoxy) is 2. The Balaban J connectivity index is 1.58. The normalized spacial score (nSPS) is 18.2. The van der Waals surface area contributed by atoms with Crippen LogP contribution in [0.25, 0.3) is 11.3 Å². The van der Waals surface area contributed by atoms with Gasteiger partial charge < -0.3 is 25.1 Å². The number of carbonyl (C=O) groups is 2. The lowest BCUT2D eigenvalue weighted by atomic mass is 9.98. The highest BCUT2D eigenvalue weighted by Crippen LogP contribution is 2.41. The second kappa shape index (κ2) is 11.0. The van der Waals surface area contributed by atoms with Crippen LogP contribution in [0.1, 0.15) is 62.2 Å². The number of fused-ring (bicyclic) bond motifs is 1. The van der Waals surface area contributed by atoms with Crippen molar-refractivity contribution in [3.05, 3.63) is 58.5 Å². The quantitative estimate of drug-likeness (QED) is 0.334. The van der Waals surface area contributed by atoms with Gasteiger partial charge >= 0.3 is 6.09 Å². The third-order valence-electron chi connectivity index (χ3n) is 7.21. The summed E-state index contributed by atoms with van der Waals surface area (Å²) in [4.78, 5) is 35.5. The van der Waals surface area contributed by atoms with E-state index in [1.165, 1.54) is 0 Å².